The van der Waals surface area contributed by atoms with Gasteiger partial charge in [-0.15, -0.1) is 9.46 Å². The Balaban J connectivity index is 0.00000512. The predicted molar refractivity (Wildman–Crippen MR) is 112 cm³/mol. The number of rotatable bonds is 10. The third kappa shape index (κ3) is 6.98. The predicted octanol–water partition coefficient (Wildman–Crippen LogP) is -0.827. The molecule has 11 nitrogen and oxygen atoms in total. The smallest absolute Gasteiger partial charge is 0.283 e. The van der Waals surface area contributed by atoms with Gasteiger partial charge in [0.2, 0.25) is 0 Å². The van der Waals surface area contributed by atoms with Crippen molar-refractivity contribution in [2.24, 2.45) is 0 Å². The van der Waals surface area contributed by atoms with Crippen molar-refractivity contribution in [3.05, 3.63) is 68.5 Å². The van der Waals surface area contributed by atoms with Gasteiger partial charge in [0.25, 0.3) is 22.9 Å². The molecule has 0 atom stereocenters. The summed E-state index contributed by atoms with van der Waals surface area (Å²) in [6.45, 7) is 5.52. The quantitative estimate of drug-likeness (QED) is 0.293. The van der Waals surface area contributed by atoms with Crippen LogP contribution in [0.25, 0.3) is 0 Å². The molecular formula is C20H27FeN5O6. The van der Waals surface area contributed by atoms with E-state index in [1.807, 2.05) is 18.7 Å². The first kappa shape index (κ1) is 27.0. The molecule has 0 aromatic carbocycles. The van der Waals surface area contributed by atoms with E-state index in [0.717, 1.165) is 10.8 Å². The largest absolute Gasteiger partial charge is 0.425 e. The molecule has 0 aliphatic rings. The maximum atomic E-state index is 12.4. The summed E-state index contributed by atoms with van der Waals surface area (Å²) in [4.78, 5) is 54.7. The summed E-state index contributed by atoms with van der Waals surface area (Å²) in [5.41, 5.74) is -1.19. The molecule has 2 amide bonds. The molecule has 12 heteroatoms. The molecule has 0 saturated carbocycles. The molecule has 2 aromatic rings. The van der Waals surface area contributed by atoms with Crippen molar-refractivity contribution >= 4 is 11.8 Å². The first-order chi connectivity index (χ1) is 14.8. The van der Waals surface area contributed by atoms with Crippen LogP contribution in [-0.4, -0.2) is 70.7 Å². The number of aromatic nitrogens is 2. The molecule has 176 valence electrons. The number of amides is 2. The molecule has 0 aliphatic carbocycles. The van der Waals surface area contributed by atoms with E-state index in [-0.39, 0.29) is 41.0 Å². The maximum absolute atomic E-state index is 12.4. The van der Waals surface area contributed by atoms with E-state index >= 15 is 0 Å². The Hall–Kier alpha value is -3.08. The Bertz CT molecular complexity index is 1040. The standard InChI is InChI=1S/C20H27N5O6.Fe/c1-14(2)23(12-10-21-19(28)15-6-4-8-17(26)24(15)30)13-11-22-20(29)16-7-5-9-18(27)25(16)31-3;/h4-9,14,30H,10-13H2,1-3H3,(H,21,28)(H,22,29);. The number of nitrogens with zero attached hydrogens (tertiary/aromatic N) is 3. The molecule has 0 spiro atoms. The van der Waals surface area contributed by atoms with E-state index in [9.17, 15) is 24.4 Å². The van der Waals surface area contributed by atoms with Gasteiger partial charge in [0, 0.05) is 61.4 Å². The number of carbonyl (C=O) groups is 2. The number of carbonyl (C=O) groups excluding carboxylic acids is 2. The normalized spacial score (nSPS) is 10.5. The van der Waals surface area contributed by atoms with Crippen molar-refractivity contribution in [3.63, 3.8) is 0 Å². The van der Waals surface area contributed by atoms with E-state index in [0.29, 0.717) is 24.4 Å². The number of pyridine rings is 2. The van der Waals surface area contributed by atoms with Crippen LogP contribution < -0.4 is 26.6 Å². The zero-order valence-electron chi connectivity index (χ0n) is 18.1. The fourth-order valence-electron chi connectivity index (χ4n) is 2.92. The Morgan fingerprint density at radius 3 is 2.00 bits per heavy atom. The number of hydrogen-bond donors (Lipinski definition) is 3. The zero-order valence-corrected chi connectivity index (χ0v) is 19.2. The van der Waals surface area contributed by atoms with Gasteiger partial charge in [-0.3, -0.25) is 24.1 Å². The van der Waals surface area contributed by atoms with Crippen molar-refractivity contribution in [1.82, 2.24) is 25.0 Å². The average molecular weight is 489 g/mol. The SMILES string of the molecule is COn1c(C(=O)NCCN(CCNC(=O)c2cccc(=O)n2O)C(C)C)cccc1=O.[Fe]. The molecule has 2 heterocycles. The molecule has 0 unspecified atom stereocenters. The van der Waals surface area contributed by atoms with Gasteiger partial charge < -0.3 is 20.7 Å². The molecule has 0 aliphatic heterocycles. The van der Waals surface area contributed by atoms with E-state index < -0.39 is 22.9 Å². The zero-order chi connectivity index (χ0) is 23.0. The van der Waals surface area contributed by atoms with E-state index in [4.69, 9.17) is 4.84 Å². The number of nitrogens with one attached hydrogen (secondary N) is 2. The first-order valence-corrected chi connectivity index (χ1v) is 9.74. The summed E-state index contributed by atoms with van der Waals surface area (Å²) in [5.74, 6) is -1.01. The van der Waals surface area contributed by atoms with Gasteiger partial charge in [-0.2, -0.15) is 0 Å². The fraction of sp³-hybridized carbons (Fsp3) is 0.400. The van der Waals surface area contributed by atoms with Gasteiger partial charge >= 0.3 is 0 Å². The van der Waals surface area contributed by atoms with Gasteiger partial charge in [0.15, 0.2) is 0 Å². The van der Waals surface area contributed by atoms with Gasteiger partial charge in [-0.05, 0) is 26.0 Å². The third-order valence-corrected chi connectivity index (χ3v) is 4.59. The van der Waals surface area contributed by atoms with Gasteiger partial charge in [-0.1, -0.05) is 12.1 Å². The number of hydrogen-bond acceptors (Lipinski definition) is 7. The average Bonchev–Trinajstić information content (AvgIpc) is 2.73. The van der Waals surface area contributed by atoms with Crippen LogP contribution >= 0.6 is 0 Å². The van der Waals surface area contributed by atoms with Crippen molar-refractivity contribution in [3.8, 4) is 0 Å². The van der Waals surface area contributed by atoms with Gasteiger partial charge in [-0.25, -0.2) is 0 Å². The summed E-state index contributed by atoms with van der Waals surface area (Å²) in [7, 11) is 1.30. The van der Waals surface area contributed by atoms with Crippen LogP contribution in [0.4, 0.5) is 0 Å². The van der Waals surface area contributed by atoms with E-state index in [1.165, 1.54) is 37.4 Å². The van der Waals surface area contributed by atoms with Crippen LogP contribution in [0.5, 0.6) is 0 Å². The van der Waals surface area contributed by atoms with Crippen LogP contribution in [0, 0.1) is 0 Å². The Morgan fingerprint density at radius 2 is 1.47 bits per heavy atom. The van der Waals surface area contributed by atoms with Crippen molar-refractivity contribution in [1.29, 1.82) is 0 Å². The molecule has 0 fully saturated rings. The molecule has 2 aromatic heterocycles. The second kappa shape index (κ2) is 12.7. The molecule has 3 N–H and O–H groups in total. The summed E-state index contributed by atoms with van der Waals surface area (Å²) >= 11 is 0. The van der Waals surface area contributed by atoms with Gasteiger partial charge in [0.1, 0.15) is 18.5 Å². The minimum atomic E-state index is -0.690. The molecular weight excluding hydrogens is 462 g/mol. The third-order valence-electron chi connectivity index (χ3n) is 4.59. The molecule has 32 heavy (non-hydrogen) atoms. The van der Waals surface area contributed by atoms with Crippen molar-refractivity contribution in [2.45, 2.75) is 19.9 Å². The van der Waals surface area contributed by atoms with E-state index in [2.05, 4.69) is 10.6 Å². The van der Waals surface area contributed by atoms with Crippen LogP contribution in [0.1, 0.15) is 34.8 Å². The molecule has 0 saturated heterocycles. The van der Waals surface area contributed by atoms with Crippen LogP contribution in [0.2, 0.25) is 0 Å². The summed E-state index contributed by atoms with van der Waals surface area (Å²) in [6, 6.07) is 8.27. The Morgan fingerprint density at radius 1 is 0.969 bits per heavy atom. The van der Waals surface area contributed by atoms with Gasteiger partial charge in [0.05, 0.1) is 0 Å². The first-order valence-electron chi connectivity index (χ1n) is 9.74. The minimum absolute atomic E-state index is 0. The Labute approximate surface area is 195 Å². The molecule has 0 bridgehead atoms. The van der Waals surface area contributed by atoms with Crippen LogP contribution in [-0.2, 0) is 17.1 Å². The summed E-state index contributed by atoms with van der Waals surface area (Å²) in [6.07, 6.45) is 0. The fourth-order valence-corrected chi connectivity index (χ4v) is 2.92. The maximum Gasteiger partial charge on any atom is 0.283 e. The Kier molecular flexibility index (Phi) is 10.7. The van der Waals surface area contributed by atoms with Crippen LogP contribution in [0.3, 0.4) is 0 Å². The summed E-state index contributed by atoms with van der Waals surface area (Å²) < 4.78 is 1.21. The summed E-state index contributed by atoms with van der Waals surface area (Å²) in [5, 5.41) is 15.0. The van der Waals surface area contributed by atoms with E-state index in [1.54, 1.807) is 0 Å². The minimum Gasteiger partial charge on any atom is -0.425 e. The molecule has 0 radical (unpaired) electrons. The molecule has 2 rings (SSSR count). The van der Waals surface area contributed by atoms with Crippen LogP contribution in [0.15, 0.2) is 46.0 Å². The second-order valence-corrected chi connectivity index (χ2v) is 6.93. The van der Waals surface area contributed by atoms with Crippen molar-refractivity contribution in [2.75, 3.05) is 33.3 Å². The topological polar surface area (TPSA) is 135 Å². The van der Waals surface area contributed by atoms with Crippen molar-refractivity contribution < 1.29 is 36.7 Å². The monoisotopic (exact) mass is 489 g/mol. The second-order valence-electron chi connectivity index (χ2n) is 6.93.